The molecule has 0 saturated carbocycles. The van der Waals surface area contributed by atoms with Crippen molar-refractivity contribution in [3.63, 3.8) is 0 Å². The summed E-state index contributed by atoms with van der Waals surface area (Å²) < 4.78 is 11.6. The van der Waals surface area contributed by atoms with Crippen LogP contribution in [0.5, 0.6) is 0 Å². The Morgan fingerprint density at radius 3 is 3.00 bits per heavy atom. The molecule has 138 valence electrons. The van der Waals surface area contributed by atoms with E-state index >= 15 is 0 Å². The molecule has 1 aromatic carbocycles. The zero-order valence-electron chi connectivity index (χ0n) is 15.3. The molecule has 1 amide bonds. The van der Waals surface area contributed by atoms with Crippen molar-refractivity contribution in [1.82, 2.24) is 0 Å². The first-order chi connectivity index (χ1) is 12.6. The molecule has 4 atom stereocenters. The average Bonchev–Trinajstić information content (AvgIpc) is 3.27. The molecular formula is C21H25NO4. The summed E-state index contributed by atoms with van der Waals surface area (Å²) in [7, 11) is 0. The number of esters is 1. The van der Waals surface area contributed by atoms with Crippen LogP contribution in [-0.4, -0.2) is 36.7 Å². The van der Waals surface area contributed by atoms with E-state index < -0.39 is 17.4 Å². The van der Waals surface area contributed by atoms with Crippen LogP contribution in [0.1, 0.15) is 31.7 Å². The number of anilines is 1. The lowest BCUT2D eigenvalue weighted by atomic mass is 9.77. The summed E-state index contributed by atoms with van der Waals surface area (Å²) in [6.07, 6.45) is 6.51. The SMILES string of the molecule is CCCCCOC(=O)[C@@H]1[C@H]2C(=O)N(c3cccc(C)c3)C[C@]23C=C[C@H]1O3. The fourth-order valence-electron chi connectivity index (χ4n) is 4.40. The van der Waals surface area contributed by atoms with Crippen LogP contribution in [0, 0.1) is 18.8 Å². The van der Waals surface area contributed by atoms with Gasteiger partial charge in [-0.25, -0.2) is 0 Å². The molecule has 5 heteroatoms. The van der Waals surface area contributed by atoms with E-state index in [2.05, 4.69) is 6.92 Å². The topological polar surface area (TPSA) is 55.8 Å². The molecule has 2 fully saturated rings. The van der Waals surface area contributed by atoms with Gasteiger partial charge in [-0.3, -0.25) is 9.59 Å². The number of nitrogens with zero attached hydrogens (tertiary/aromatic N) is 1. The van der Waals surface area contributed by atoms with Crippen LogP contribution >= 0.6 is 0 Å². The van der Waals surface area contributed by atoms with Crippen molar-refractivity contribution >= 4 is 17.6 Å². The van der Waals surface area contributed by atoms with Gasteiger partial charge in [0.1, 0.15) is 11.5 Å². The number of aryl methyl sites for hydroxylation is 1. The Hall–Kier alpha value is -2.14. The summed E-state index contributed by atoms with van der Waals surface area (Å²) in [6, 6.07) is 7.86. The van der Waals surface area contributed by atoms with Crippen LogP contribution in [0.3, 0.4) is 0 Å². The third-order valence-corrected chi connectivity index (χ3v) is 5.68. The second-order valence-electron chi connectivity index (χ2n) is 7.54. The zero-order chi connectivity index (χ0) is 18.3. The molecule has 0 N–H and O–H groups in total. The van der Waals surface area contributed by atoms with Crippen LogP contribution < -0.4 is 4.90 Å². The van der Waals surface area contributed by atoms with Gasteiger partial charge in [0.05, 0.1) is 25.2 Å². The van der Waals surface area contributed by atoms with Crippen molar-refractivity contribution in [2.45, 2.75) is 44.8 Å². The molecule has 3 heterocycles. The van der Waals surface area contributed by atoms with Crippen LogP contribution in [0.2, 0.25) is 0 Å². The molecule has 1 spiro atoms. The van der Waals surface area contributed by atoms with Crippen LogP contribution in [0.25, 0.3) is 0 Å². The lowest BCUT2D eigenvalue weighted by Crippen LogP contribution is -2.40. The highest BCUT2D eigenvalue weighted by Crippen LogP contribution is 2.52. The number of unbranched alkanes of at least 4 members (excludes halogenated alkanes) is 2. The molecule has 0 unspecified atom stereocenters. The molecule has 3 aliphatic rings. The number of benzene rings is 1. The Bertz CT molecular complexity index is 758. The molecule has 2 bridgehead atoms. The summed E-state index contributed by atoms with van der Waals surface area (Å²) in [5, 5.41) is 0. The number of amides is 1. The Morgan fingerprint density at radius 1 is 1.38 bits per heavy atom. The fourth-order valence-corrected chi connectivity index (χ4v) is 4.40. The Labute approximate surface area is 154 Å². The number of ether oxygens (including phenoxy) is 2. The lowest BCUT2D eigenvalue weighted by molar-refractivity contribution is -0.152. The fraction of sp³-hybridized carbons (Fsp3) is 0.524. The van der Waals surface area contributed by atoms with Gasteiger partial charge < -0.3 is 14.4 Å². The first kappa shape index (κ1) is 17.3. The summed E-state index contributed by atoms with van der Waals surface area (Å²) >= 11 is 0. The highest BCUT2D eigenvalue weighted by molar-refractivity contribution is 6.02. The Balaban J connectivity index is 1.55. The number of rotatable bonds is 6. The molecule has 0 aliphatic carbocycles. The standard InChI is InChI=1S/C21H25NO4/c1-3-4-5-11-25-20(24)17-16-9-10-21(26-16)13-22(19(23)18(17)21)15-8-6-7-14(2)12-15/h6-10,12,16-18H,3-5,11,13H2,1-2H3/t16-,17+,18+,21-/m1/s1. The quantitative estimate of drug-likeness (QED) is 0.447. The summed E-state index contributed by atoms with van der Waals surface area (Å²) in [5.41, 5.74) is 1.25. The smallest absolute Gasteiger partial charge is 0.312 e. The van der Waals surface area contributed by atoms with Gasteiger partial charge in [0.25, 0.3) is 0 Å². The predicted molar refractivity (Wildman–Crippen MR) is 97.7 cm³/mol. The molecule has 2 saturated heterocycles. The summed E-state index contributed by atoms with van der Waals surface area (Å²) in [4.78, 5) is 27.6. The zero-order valence-corrected chi connectivity index (χ0v) is 15.3. The summed E-state index contributed by atoms with van der Waals surface area (Å²) in [5.74, 6) is -1.37. The van der Waals surface area contributed by atoms with E-state index in [4.69, 9.17) is 9.47 Å². The molecule has 5 nitrogen and oxygen atoms in total. The monoisotopic (exact) mass is 355 g/mol. The first-order valence-electron chi connectivity index (χ1n) is 9.47. The molecule has 4 rings (SSSR count). The van der Waals surface area contributed by atoms with Crippen molar-refractivity contribution < 1.29 is 19.1 Å². The van der Waals surface area contributed by atoms with E-state index in [1.54, 1.807) is 4.90 Å². The van der Waals surface area contributed by atoms with Crippen molar-refractivity contribution in [3.05, 3.63) is 42.0 Å². The minimum atomic E-state index is -0.696. The van der Waals surface area contributed by atoms with Gasteiger partial charge in [-0.1, -0.05) is 44.1 Å². The number of fused-ring (bicyclic) bond motifs is 1. The maximum absolute atomic E-state index is 13.2. The highest BCUT2D eigenvalue weighted by Gasteiger charge is 2.67. The second-order valence-corrected chi connectivity index (χ2v) is 7.54. The Kier molecular flexibility index (Phi) is 4.35. The lowest BCUT2D eigenvalue weighted by Gasteiger charge is -2.22. The number of carbonyl (C=O) groups is 2. The Morgan fingerprint density at radius 2 is 2.23 bits per heavy atom. The number of carbonyl (C=O) groups excluding carboxylic acids is 2. The van der Waals surface area contributed by atoms with Gasteiger partial charge in [0.15, 0.2) is 0 Å². The van der Waals surface area contributed by atoms with E-state index in [-0.39, 0.29) is 18.0 Å². The van der Waals surface area contributed by atoms with Crippen molar-refractivity contribution in [3.8, 4) is 0 Å². The highest BCUT2D eigenvalue weighted by atomic mass is 16.6. The molecule has 1 aromatic rings. The molecule has 26 heavy (non-hydrogen) atoms. The van der Waals surface area contributed by atoms with Crippen molar-refractivity contribution in [2.24, 2.45) is 11.8 Å². The van der Waals surface area contributed by atoms with Gasteiger partial charge in [0, 0.05) is 5.69 Å². The molecule has 3 aliphatic heterocycles. The van der Waals surface area contributed by atoms with E-state index in [0.29, 0.717) is 13.2 Å². The maximum atomic E-state index is 13.2. The first-order valence-corrected chi connectivity index (χ1v) is 9.47. The number of hydrogen-bond donors (Lipinski definition) is 0. The average molecular weight is 355 g/mol. The molecule has 0 radical (unpaired) electrons. The predicted octanol–water partition coefficient (Wildman–Crippen LogP) is 3.01. The normalized spacial score (nSPS) is 31.5. The van der Waals surface area contributed by atoms with Gasteiger partial charge in [-0.2, -0.15) is 0 Å². The minimum Gasteiger partial charge on any atom is -0.465 e. The van der Waals surface area contributed by atoms with Gasteiger partial charge in [-0.05, 0) is 31.0 Å². The number of hydrogen-bond acceptors (Lipinski definition) is 4. The van der Waals surface area contributed by atoms with Gasteiger partial charge >= 0.3 is 5.97 Å². The second kappa shape index (κ2) is 6.54. The molecular weight excluding hydrogens is 330 g/mol. The third-order valence-electron chi connectivity index (χ3n) is 5.68. The van der Waals surface area contributed by atoms with E-state index in [1.165, 1.54) is 0 Å². The molecule has 0 aromatic heterocycles. The minimum absolute atomic E-state index is 0.0436. The van der Waals surface area contributed by atoms with Gasteiger partial charge in [0.2, 0.25) is 5.91 Å². The summed E-state index contributed by atoms with van der Waals surface area (Å²) in [6.45, 7) is 4.97. The van der Waals surface area contributed by atoms with Crippen LogP contribution in [-0.2, 0) is 19.1 Å². The third kappa shape index (κ3) is 2.65. The maximum Gasteiger partial charge on any atom is 0.312 e. The van der Waals surface area contributed by atoms with E-state index in [0.717, 1.165) is 30.5 Å². The van der Waals surface area contributed by atoms with Crippen molar-refractivity contribution in [2.75, 3.05) is 18.1 Å². The van der Waals surface area contributed by atoms with Crippen molar-refractivity contribution in [1.29, 1.82) is 0 Å². The van der Waals surface area contributed by atoms with Crippen LogP contribution in [0.4, 0.5) is 5.69 Å². The van der Waals surface area contributed by atoms with Gasteiger partial charge in [-0.15, -0.1) is 0 Å². The van der Waals surface area contributed by atoms with Crippen LogP contribution in [0.15, 0.2) is 36.4 Å². The van der Waals surface area contributed by atoms with E-state index in [9.17, 15) is 9.59 Å². The largest absolute Gasteiger partial charge is 0.465 e. The van der Waals surface area contributed by atoms with E-state index in [1.807, 2.05) is 43.3 Å².